The van der Waals surface area contributed by atoms with Gasteiger partial charge in [-0.15, -0.1) is 0 Å². The third kappa shape index (κ3) is 5.49. The first-order chi connectivity index (χ1) is 12.3. The van der Waals surface area contributed by atoms with Gasteiger partial charge in [0.15, 0.2) is 5.78 Å². The number of amides is 1. The van der Waals surface area contributed by atoms with Gasteiger partial charge in [0.25, 0.3) is 5.91 Å². The zero-order valence-corrected chi connectivity index (χ0v) is 16.4. The molecule has 1 N–H and O–H groups in total. The Bertz CT molecular complexity index is 737. The van der Waals surface area contributed by atoms with Crippen molar-refractivity contribution in [2.75, 3.05) is 0 Å². The number of nitrogens with zero attached hydrogens (tertiary/aromatic N) is 1. The van der Waals surface area contributed by atoms with Crippen molar-refractivity contribution < 1.29 is 18.4 Å². The molecule has 0 aliphatic rings. The Balaban J connectivity index is 2.42. The minimum Gasteiger partial charge on any atom is -0.334 e. The van der Waals surface area contributed by atoms with Crippen molar-refractivity contribution in [3.05, 3.63) is 66.0 Å². The second-order valence-corrected chi connectivity index (χ2v) is 8.39. The highest BCUT2D eigenvalue weighted by molar-refractivity contribution is 7.54. The van der Waals surface area contributed by atoms with Crippen LogP contribution in [0.4, 0.5) is 0 Å². The first-order valence-corrected chi connectivity index (χ1v) is 10.2. The molecule has 0 aliphatic heterocycles. The van der Waals surface area contributed by atoms with Crippen molar-refractivity contribution in [1.29, 1.82) is 0 Å². The van der Waals surface area contributed by atoms with Crippen LogP contribution in [0.5, 0.6) is 0 Å². The lowest BCUT2D eigenvalue weighted by Gasteiger charge is -2.30. The lowest BCUT2D eigenvalue weighted by Crippen LogP contribution is -2.31. The zero-order chi connectivity index (χ0) is 19.2. The molecule has 26 heavy (non-hydrogen) atoms. The van der Waals surface area contributed by atoms with E-state index in [-0.39, 0.29) is 18.1 Å². The number of hydrogen-bond donors (Lipinski definition) is 1. The molecule has 1 atom stereocenters. The molecule has 0 fully saturated rings. The van der Waals surface area contributed by atoms with E-state index in [9.17, 15) is 9.36 Å². The summed E-state index contributed by atoms with van der Waals surface area (Å²) in [5, 5.41) is 2.82. The van der Waals surface area contributed by atoms with Crippen molar-refractivity contribution >= 4 is 13.5 Å². The number of nitrogens with one attached hydrogen (secondary N) is 1. The van der Waals surface area contributed by atoms with Crippen molar-refractivity contribution in [1.82, 2.24) is 10.3 Å². The normalized spacial score (nSPS) is 13.0. The van der Waals surface area contributed by atoms with Gasteiger partial charge in [0.1, 0.15) is 0 Å². The number of aromatic nitrogens is 1. The van der Waals surface area contributed by atoms with Crippen LogP contribution in [0.1, 0.15) is 49.4 Å². The average molecular weight is 376 g/mol. The van der Waals surface area contributed by atoms with E-state index in [1.807, 2.05) is 18.2 Å². The zero-order valence-electron chi connectivity index (χ0n) is 15.5. The molecule has 7 heteroatoms. The molecule has 0 bridgehead atoms. The van der Waals surface area contributed by atoms with Gasteiger partial charge < -0.3 is 14.4 Å². The van der Waals surface area contributed by atoms with Gasteiger partial charge in [0.2, 0.25) is 0 Å². The first-order valence-electron chi connectivity index (χ1n) is 8.54. The van der Waals surface area contributed by atoms with E-state index in [1.54, 1.807) is 52.0 Å². The predicted molar refractivity (Wildman–Crippen MR) is 101 cm³/mol. The third-order valence-corrected chi connectivity index (χ3v) is 5.85. The Kier molecular flexibility index (Phi) is 7.09. The van der Waals surface area contributed by atoms with Crippen LogP contribution in [0.15, 0.2) is 54.9 Å². The van der Waals surface area contributed by atoms with Gasteiger partial charge in [0, 0.05) is 18.0 Å². The molecule has 1 amide bonds. The summed E-state index contributed by atoms with van der Waals surface area (Å²) < 4.78 is 25.0. The molecule has 0 aliphatic carbocycles. The molecule has 0 radical (unpaired) electrons. The second-order valence-electron chi connectivity index (χ2n) is 6.37. The molecule has 1 aromatic carbocycles. The highest BCUT2D eigenvalue weighted by Crippen LogP contribution is 2.61. The average Bonchev–Trinajstić information content (AvgIpc) is 2.59. The first kappa shape index (κ1) is 20.3. The van der Waals surface area contributed by atoms with E-state index in [1.165, 1.54) is 12.4 Å². The highest BCUT2D eigenvalue weighted by atomic mass is 31.2. The minimum absolute atomic E-state index is 0.330. The minimum atomic E-state index is -3.69. The van der Waals surface area contributed by atoms with Crippen LogP contribution < -0.4 is 5.32 Å². The van der Waals surface area contributed by atoms with Gasteiger partial charge in [-0.3, -0.25) is 14.3 Å². The van der Waals surface area contributed by atoms with Crippen LogP contribution in [0.25, 0.3) is 0 Å². The summed E-state index contributed by atoms with van der Waals surface area (Å²) in [6.07, 6.45) is 2.40. The molecular weight excluding hydrogens is 351 g/mol. The lowest BCUT2D eigenvalue weighted by atomic mass is 10.2. The van der Waals surface area contributed by atoms with Gasteiger partial charge in [0.05, 0.1) is 12.2 Å². The van der Waals surface area contributed by atoms with Crippen LogP contribution in [-0.2, 0) is 13.6 Å². The topological polar surface area (TPSA) is 77.5 Å². The Labute approximate surface area is 154 Å². The van der Waals surface area contributed by atoms with E-state index in [0.29, 0.717) is 11.1 Å². The number of rotatable bonds is 8. The summed E-state index contributed by atoms with van der Waals surface area (Å²) in [5.41, 5.74) is 1.07. The summed E-state index contributed by atoms with van der Waals surface area (Å²) in [6.45, 7) is 7.12. The summed E-state index contributed by atoms with van der Waals surface area (Å²) in [5.74, 6) is -1.30. The highest BCUT2D eigenvalue weighted by Gasteiger charge is 2.40. The molecule has 6 nitrogen and oxygen atoms in total. The molecule has 2 rings (SSSR count). The molecular formula is C19H25N2O4P. The van der Waals surface area contributed by atoms with Crippen LogP contribution in [0.2, 0.25) is 0 Å². The van der Waals surface area contributed by atoms with Crippen molar-refractivity contribution in [2.24, 2.45) is 0 Å². The summed E-state index contributed by atoms with van der Waals surface area (Å²) >= 11 is 0. The van der Waals surface area contributed by atoms with Gasteiger partial charge in [-0.05, 0) is 45.4 Å². The van der Waals surface area contributed by atoms with Gasteiger partial charge in [-0.2, -0.15) is 0 Å². The molecule has 2 aromatic rings. The maximum Gasteiger partial charge on any atom is 0.357 e. The Morgan fingerprint density at radius 1 is 0.962 bits per heavy atom. The Morgan fingerprint density at radius 3 is 2.00 bits per heavy atom. The van der Waals surface area contributed by atoms with Gasteiger partial charge in [-0.1, -0.05) is 30.3 Å². The number of pyridine rings is 1. The molecule has 1 aromatic heterocycles. The fraction of sp³-hybridized carbons (Fsp3) is 0.368. The Morgan fingerprint density at radius 2 is 1.50 bits per heavy atom. The lowest BCUT2D eigenvalue weighted by molar-refractivity contribution is 0.0919. The van der Waals surface area contributed by atoms with Crippen molar-refractivity contribution in [2.45, 2.75) is 45.7 Å². The van der Waals surface area contributed by atoms with E-state index in [0.717, 1.165) is 0 Å². The summed E-state index contributed by atoms with van der Waals surface area (Å²) in [7, 11) is -3.69. The number of carbonyl (C=O) groups excluding carboxylic acids is 1. The van der Waals surface area contributed by atoms with Crippen LogP contribution >= 0.6 is 7.60 Å². The molecule has 0 saturated heterocycles. The Hall–Kier alpha value is -2.01. The largest absolute Gasteiger partial charge is 0.357 e. The molecule has 1 heterocycles. The molecule has 140 valence electrons. The second kappa shape index (κ2) is 9.08. The number of hydrogen-bond acceptors (Lipinski definition) is 5. The van der Waals surface area contributed by atoms with Crippen LogP contribution in [0, 0.1) is 0 Å². The summed E-state index contributed by atoms with van der Waals surface area (Å²) in [4.78, 5) is 16.6. The van der Waals surface area contributed by atoms with E-state index in [2.05, 4.69) is 10.3 Å². The van der Waals surface area contributed by atoms with Crippen LogP contribution in [-0.4, -0.2) is 23.1 Å². The van der Waals surface area contributed by atoms with Gasteiger partial charge in [-0.25, -0.2) is 0 Å². The van der Waals surface area contributed by atoms with E-state index < -0.39 is 13.4 Å². The van der Waals surface area contributed by atoms with E-state index in [4.69, 9.17) is 9.05 Å². The fourth-order valence-electron chi connectivity index (χ4n) is 2.43. The maximum absolute atomic E-state index is 13.6. The predicted octanol–water partition coefficient (Wildman–Crippen LogP) is 4.55. The van der Waals surface area contributed by atoms with Crippen molar-refractivity contribution in [3.63, 3.8) is 0 Å². The van der Waals surface area contributed by atoms with Gasteiger partial charge >= 0.3 is 7.60 Å². The fourth-order valence-corrected chi connectivity index (χ4v) is 4.71. The number of carbonyl (C=O) groups is 1. The number of benzene rings is 1. The SMILES string of the molecule is CC(C)OP(=O)(OC(C)C)C(NC(=O)c1ccncc1)c1ccccc1. The summed E-state index contributed by atoms with van der Waals surface area (Å²) in [6, 6.07) is 12.2. The maximum atomic E-state index is 13.6. The standard InChI is InChI=1S/C19H25N2O4P/c1-14(2)24-26(23,25-15(3)4)19(17-8-6-5-7-9-17)21-18(22)16-10-12-20-13-11-16/h5-15,19H,1-4H3,(H,21,22). The smallest absolute Gasteiger partial charge is 0.334 e. The van der Waals surface area contributed by atoms with Crippen LogP contribution in [0.3, 0.4) is 0 Å². The third-order valence-electron chi connectivity index (χ3n) is 3.36. The quantitative estimate of drug-likeness (QED) is 0.684. The van der Waals surface area contributed by atoms with E-state index >= 15 is 0 Å². The molecule has 0 spiro atoms. The monoisotopic (exact) mass is 376 g/mol. The van der Waals surface area contributed by atoms with Crippen molar-refractivity contribution in [3.8, 4) is 0 Å². The molecule has 0 saturated carbocycles. The molecule has 1 unspecified atom stereocenters.